The van der Waals surface area contributed by atoms with Gasteiger partial charge in [-0.15, -0.1) is 0 Å². The minimum absolute atomic E-state index is 0.191. The zero-order valence-corrected chi connectivity index (χ0v) is 11.2. The van der Waals surface area contributed by atoms with Crippen LogP contribution in [-0.4, -0.2) is 32.1 Å². The van der Waals surface area contributed by atoms with E-state index >= 15 is 0 Å². The Hall–Kier alpha value is -1.55. The van der Waals surface area contributed by atoms with E-state index in [1.54, 1.807) is 0 Å². The average molecular weight is 261 g/mol. The zero-order valence-electron chi connectivity index (χ0n) is 11.2. The Balaban J connectivity index is 1.87. The topological polar surface area (TPSA) is 47.6 Å². The summed E-state index contributed by atoms with van der Waals surface area (Å²) in [5.41, 5.74) is 0.414. The minimum Gasteiger partial charge on any atom is -0.486 e. The number of carbonyl (C=O) groups excluding carboxylic acids is 1. The second kappa shape index (κ2) is 4.85. The first-order valence-electron chi connectivity index (χ1n) is 6.84. The zero-order chi connectivity index (χ0) is 13.3. The van der Waals surface area contributed by atoms with Crippen molar-refractivity contribution < 1.29 is 14.3 Å². The van der Waals surface area contributed by atoms with Gasteiger partial charge in [-0.3, -0.25) is 4.79 Å². The second-order valence-electron chi connectivity index (χ2n) is 5.53. The molecule has 2 aliphatic heterocycles. The lowest BCUT2D eigenvalue weighted by Gasteiger charge is -2.33. The molecule has 1 aromatic carbocycles. The lowest BCUT2D eigenvalue weighted by atomic mass is 9.76. The second-order valence-corrected chi connectivity index (χ2v) is 5.53. The minimum atomic E-state index is -0.304. The number of nitrogens with one attached hydrogen (secondary N) is 1. The smallest absolute Gasteiger partial charge is 0.170 e. The maximum Gasteiger partial charge on any atom is 0.170 e. The number of hydrogen-bond acceptors (Lipinski definition) is 4. The molecule has 4 nitrogen and oxygen atoms in total. The summed E-state index contributed by atoms with van der Waals surface area (Å²) in [5.74, 6) is 1.61. The van der Waals surface area contributed by atoms with Gasteiger partial charge in [0.2, 0.25) is 0 Å². The summed E-state index contributed by atoms with van der Waals surface area (Å²) >= 11 is 0. The fourth-order valence-corrected chi connectivity index (χ4v) is 2.78. The van der Waals surface area contributed by atoms with Crippen LogP contribution >= 0.6 is 0 Å². The van der Waals surface area contributed by atoms with Crippen molar-refractivity contribution in [3.8, 4) is 11.5 Å². The first-order chi connectivity index (χ1) is 9.19. The molecule has 0 aliphatic carbocycles. The molecule has 1 fully saturated rings. The third kappa shape index (κ3) is 2.32. The van der Waals surface area contributed by atoms with E-state index in [1.165, 1.54) is 0 Å². The number of ketones is 1. The monoisotopic (exact) mass is 261 g/mol. The third-order valence-electron chi connectivity index (χ3n) is 3.95. The Morgan fingerprint density at radius 2 is 2.05 bits per heavy atom. The van der Waals surface area contributed by atoms with Crippen molar-refractivity contribution in [2.24, 2.45) is 5.41 Å². The van der Waals surface area contributed by atoms with Crippen molar-refractivity contribution in [1.29, 1.82) is 0 Å². The van der Waals surface area contributed by atoms with Gasteiger partial charge in [-0.2, -0.15) is 0 Å². The maximum absolute atomic E-state index is 12.7. The van der Waals surface area contributed by atoms with Gasteiger partial charge in [0.15, 0.2) is 17.3 Å². The van der Waals surface area contributed by atoms with Gasteiger partial charge in [0.1, 0.15) is 13.2 Å². The summed E-state index contributed by atoms with van der Waals surface area (Å²) in [6.45, 7) is 4.91. The number of Topliss-reactive ketones (excluding diaryl/α,β-unsaturated/α-hetero) is 1. The average Bonchev–Trinajstić information content (AvgIpc) is 2.47. The van der Waals surface area contributed by atoms with E-state index in [0.717, 1.165) is 37.2 Å². The standard InChI is InChI=1S/C15H19NO3/c1-15(5-2-6-16-10-15)14(17)11-3-4-12-13(9-11)19-8-7-18-12/h3-4,9,16H,2,5-8,10H2,1H3. The van der Waals surface area contributed by atoms with Crippen molar-refractivity contribution >= 4 is 5.78 Å². The molecule has 19 heavy (non-hydrogen) atoms. The lowest BCUT2D eigenvalue weighted by molar-refractivity contribution is 0.0772. The molecule has 2 heterocycles. The summed E-state index contributed by atoms with van der Waals surface area (Å²) in [6, 6.07) is 5.49. The molecule has 0 radical (unpaired) electrons. The Morgan fingerprint density at radius 3 is 2.79 bits per heavy atom. The van der Waals surface area contributed by atoms with Gasteiger partial charge in [0.25, 0.3) is 0 Å². The van der Waals surface area contributed by atoms with Crippen LogP contribution in [0, 0.1) is 5.41 Å². The number of fused-ring (bicyclic) bond motifs is 1. The summed E-state index contributed by atoms with van der Waals surface area (Å²) in [6.07, 6.45) is 1.99. The molecule has 4 heteroatoms. The molecular formula is C15H19NO3. The largest absolute Gasteiger partial charge is 0.486 e. The molecular weight excluding hydrogens is 242 g/mol. The summed E-state index contributed by atoms with van der Waals surface area (Å²) < 4.78 is 11.0. The van der Waals surface area contributed by atoms with Crippen LogP contribution in [-0.2, 0) is 0 Å². The molecule has 1 unspecified atom stereocenters. The highest BCUT2D eigenvalue weighted by Crippen LogP contribution is 2.35. The molecule has 0 amide bonds. The van der Waals surface area contributed by atoms with Crippen LogP contribution in [0.15, 0.2) is 18.2 Å². The van der Waals surface area contributed by atoms with Gasteiger partial charge in [-0.25, -0.2) is 0 Å². The van der Waals surface area contributed by atoms with Crippen molar-refractivity contribution in [2.75, 3.05) is 26.3 Å². The Labute approximate surface area is 113 Å². The van der Waals surface area contributed by atoms with Gasteiger partial charge < -0.3 is 14.8 Å². The number of ether oxygens (including phenoxy) is 2. The van der Waals surface area contributed by atoms with Gasteiger partial charge in [0.05, 0.1) is 0 Å². The first kappa shape index (κ1) is 12.5. The van der Waals surface area contributed by atoms with E-state index in [4.69, 9.17) is 9.47 Å². The molecule has 3 rings (SSSR count). The predicted octanol–water partition coefficient (Wildman–Crippen LogP) is 2.03. The van der Waals surface area contributed by atoms with Gasteiger partial charge >= 0.3 is 0 Å². The van der Waals surface area contributed by atoms with Crippen molar-refractivity contribution in [1.82, 2.24) is 5.32 Å². The predicted molar refractivity (Wildman–Crippen MR) is 72.0 cm³/mol. The van der Waals surface area contributed by atoms with Gasteiger partial charge in [-0.1, -0.05) is 6.92 Å². The molecule has 0 aromatic heterocycles. The van der Waals surface area contributed by atoms with E-state index in [-0.39, 0.29) is 11.2 Å². The van der Waals surface area contributed by atoms with Crippen LogP contribution in [0.1, 0.15) is 30.1 Å². The van der Waals surface area contributed by atoms with Crippen LogP contribution in [0.4, 0.5) is 0 Å². The lowest BCUT2D eigenvalue weighted by Crippen LogP contribution is -2.43. The van der Waals surface area contributed by atoms with Crippen molar-refractivity contribution in [3.05, 3.63) is 23.8 Å². The summed E-state index contributed by atoms with van der Waals surface area (Å²) in [5, 5.41) is 3.31. The normalized spacial score (nSPS) is 25.9. The number of hydrogen-bond donors (Lipinski definition) is 1. The van der Waals surface area contributed by atoms with Gasteiger partial charge in [-0.05, 0) is 37.6 Å². The molecule has 102 valence electrons. The summed E-state index contributed by atoms with van der Waals surface area (Å²) in [7, 11) is 0. The summed E-state index contributed by atoms with van der Waals surface area (Å²) in [4.78, 5) is 12.7. The number of carbonyl (C=O) groups is 1. The van der Waals surface area contributed by atoms with Crippen LogP contribution in [0.25, 0.3) is 0 Å². The number of benzene rings is 1. The highest BCUT2D eigenvalue weighted by atomic mass is 16.6. The number of rotatable bonds is 2. The van der Waals surface area contributed by atoms with E-state index in [9.17, 15) is 4.79 Å². The van der Waals surface area contributed by atoms with Crippen LogP contribution in [0.3, 0.4) is 0 Å². The first-order valence-corrected chi connectivity index (χ1v) is 6.84. The Bertz CT molecular complexity index is 492. The Morgan fingerprint density at radius 1 is 1.26 bits per heavy atom. The van der Waals surface area contributed by atoms with E-state index in [1.807, 2.05) is 25.1 Å². The van der Waals surface area contributed by atoms with Crippen LogP contribution < -0.4 is 14.8 Å². The third-order valence-corrected chi connectivity index (χ3v) is 3.95. The number of piperidine rings is 1. The molecule has 2 aliphatic rings. The quantitative estimate of drug-likeness (QED) is 0.828. The van der Waals surface area contributed by atoms with Gasteiger partial charge in [0, 0.05) is 17.5 Å². The molecule has 1 atom stereocenters. The van der Waals surface area contributed by atoms with E-state index < -0.39 is 0 Å². The molecule has 0 bridgehead atoms. The molecule has 1 aromatic rings. The molecule has 0 saturated carbocycles. The SMILES string of the molecule is CC1(C(=O)c2ccc3c(c2)OCCO3)CCCNC1. The molecule has 1 saturated heterocycles. The maximum atomic E-state index is 12.7. The van der Waals surface area contributed by atoms with Crippen LogP contribution in [0.5, 0.6) is 11.5 Å². The van der Waals surface area contributed by atoms with Crippen LogP contribution in [0.2, 0.25) is 0 Å². The van der Waals surface area contributed by atoms with E-state index in [0.29, 0.717) is 19.0 Å². The molecule has 1 N–H and O–H groups in total. The van der Waals surface area contributed by atoms with E-state index in [2.05, 4.69) is 5.32 Å². The van der Waals surface area contributed by atoms with Crippen molar-refractivity contribution in [2.45, 2.75) is 19.8 Å². The highest BCUT2D eigenvalue weighted by Gasteiger charge is 2.35. The molecule has 0 spiro atoms. The fraction of sp³-hybridized carbons (Fsp3) is 0.533. The fourth-order valence-electron chi connectivity index (χ4n) is 2.78. The van der Waals surface area contributed by atoms with Crippen molar-refractivity contribution in [3.63, 3.8) is 0 Å². The highest BCUT2D eigenvalue weighted by molar-refractivity contribution is 6.01. The Kier molecular flexibility index (Phi) is 3.19.